The molecule has 4 rings (SSSR count). The van der Waals surface area contributed by atoms with Gasteiger partial charge in [-0.3, -0.25) is 19.2 Å². The van der Waals surface area contributed by atoms with Gasteiger partial charge in [-0.05, 0) is 35.7 Å². The molecule has 2 N–H and O–H groups in total. The number of amides is 1. The van der Waals surface area contributed by atoms with Crippen LogP contribution in [0.2, 0.25) is 0 Å². The standard InChI is InChI=1S/C23H24N4O3/c1-15-10-16(12-27-13-18(14-27)23(29)30)8-9-19(15)24-22(28)20-11-21(26(2)25-20)17-6-4-3-5-7-17/h3-11,18H,12-14H2,1-2H3,(H,24,28)(H,29,30). The molecule has 2 heterocycles. The molecule has 0 spiro atoms. The number of aryl methyl sites for hydroxylation is 2. The summed E-state index contributed by atoms with van der Waals surface area (Å²) in [5, 5.41) is 16.3. The van der Waals surface area contributed by atoms with Crippen LogP contribution >= 0.6 is 0 Å². The molecule has 1 aliphatic rings. The summed E-state index contributed by atoms with van der Waals surface area (Å²) in [6.07, 6.45) is 0. The molecule has 0 radical (unpaired) electrons. The number of carbonyl (C=O) groups is 2. The van der Waals surface area contributed by atoms with E-state index in [0.29, 0.717) is 25.3 Å². The van der Waals surface area contributed by atoms with Crippen molar-refractivity contribution < 1.29 is 14.7 Å². The first-order valence-electron chi connectivity index (χ1n) is 9.86. The van der Waals surface area contributed by atoms with Gasteiger partial charge in [0, 0.05) is 32.4 Å². The molecule has 3 aromatic rings. The average molecular weight is 404 g/mol. The van der Waals surface area contributed by atoms with Crippen LogP contribution in [-0.2, 0) is 18.4 Å². The summed E-state index contributed by atoms with van der Waals surface area (Å²) in [5.74, 6) is -1.25. The van der Waals surface area contributed by atoms with E-state index in [9.17, 15) is 9.59 Å². The lowest BCUT2D eigenvalue weighted by atomic mass is 9.99. The van der Waals surface area contributed by atoms with Crippen molar-refractivity contribution in [2.24, 2.45) is 13.0 Å². The van der Waals surface area contributed by atoms with E-state index in [2.05, 4.69) is 15.3 Å². The maximum Gasteiger partial charge on any atom is 0.309 e. The second-order valence-electron chi connectivity index (χ2n) is 7.74. The second kappa shape index (κ2) is 8.12. The number of likely N-dealkylation sites (tertiary alicyclic amines) is 1. The van der Waals surface area contributed by atoms with Crippen molar-refractivity contribution in [3.8, 4) is 11.3 Å². The predicted molar refractivity (Wildman–Crippen MR) is 114 cm³/mol. The smallest absolute Gasteiger partial charge is 0.309 e. The fraction of sp³-hybridized carbons (Fsp3) is 0.261. The highest BCUT2D eigenvalue weighted by Crippen LogP contribution is 2.23. The molecule has 0 saturated carbocycles. The Bertz CT molecular complexity index is 1090. The zero-order valence-electron chi connectivity index (χ0n) is 17.0. The minimum Gasteiger partial charge on any atom is -0.481 e. The van der Waals surface area contributed by atoms with Gasteiger partial charge in [0.05, 0.1) is 11.6 Å². The van der Waals surface area contributed by atoms with Crippen LogP contribution in [0.4, 0.5) is 5.69 Å². The molecule has 0 bridgehead atoms. The highest BCUT2D eigenvalue weighted by atomic mass is 16.4. The Labute approximate surface area is 174 Å². The van der Waals surface area contributed by atoms with Crippen molar-refractivity contribution >= 4 is 17.6 Å². The minimum absolute atomic E-state index is 0.254. The van der Waals surface area contributed by atoms with Gasteiger partial charge in [-0.1, -0.05) is 42.5 Å². The quantitative estimate of drug-likeness (QED) is 0.659. The first kappa shape index (κ1) is 19.8. The topological polar surface area (TPSA) is 87.5 Å². The molecule has 0 unspecified atom stereocenters. The number of aromatic nitrogens is 2. The van der Waals surface area contributed by atoms with Crippen LogP contribution in [0.5, 0.6) is 0 Å². The maximum absolute atomic E-state index is 12.7. The molecule has 0 atom stereocenters. The number of carboxylic acid groups (broad SMARTS) is 1. The van der Waals surface area contributed by atoms with Gasteiger partial charge in [0.25, 0.3) is 5.91 Å². The molecule has 1 saturated heterocycles. The number of carboxylic acids is 1. The SMILES string of the molecule is Cc1cc(CN2CC(C(=O)O)C2)ccc1NC(=O)c1cc(-c2ccccc2)n(C)n1. The Balaban J connectivity index is 1.42. The number of hydrogen-bond acceptors (Lipinski definition) is 4. The van der Waals surface area contributed by atoms with E-state index < -0.39 is 5.97 Å². The maximum atomic E-state index is 12.7. The van der Waals surface area contributed by atoms with Gasteiger partial charge in [0.15, 0.2) is 5.69 Å². The van der Waals surface area contributed by atoms with E-state index in [1.54, 1.807) is 10.7 Å². The normalized spacial score (nSPS) is 14.3. The summed E-state index contributed by atoms with van der Waals surface area (Å²) < 4.78 is 1.71. The highest BCUT2D eigenvalue weighted by Gasteiger charge is 2.32. The van der Waals surface area contributed by atoms with Crippen molar-refractivity contribution in [2.45, 2.75) is 13.5 Å². The van der Waals surface area contributed by atoms with Crippen LogP contribution in [0.1, 0.15) is 21.6 Å². The number of anilines is 1. The summed E-state index contributed by atoms with van der Waals surface area (Å²) in [6, 6.07) is 17.5. The van der Waals surface area contributed by atoms with Crippen LogP contribution in [-0.4, -0.2) is 44.8 Å². The summed E-state index contributed by atoms with van der Waals surface area (Å²) >= 11 is 0. The van der Waals surface area contributed by atoms with Crippen LogP contribution in [0.15, 0.2) is 54.6 Å². The summed E-state index contributed by atoms with van der Waals surface area (Å²) in [4.78, 5) is 25.8. The molecular formula is C23H24N4O3. The van der Waals surface area contributed by atoms with E-state index in [0.717, 1.165) is 28.1 Å². The molecule has 7 heteroatoms. The van der Waals surface area contributed by atoms with E-state index in [1.165, 1.54) is 0 Å². The number of nitrogens with one attached hydrogen (secondary N) is 1. The van der Waals surface area contributed by atoms with Gasteiger partial charge in [0.1, 0.15) is 0 Å². The largest absolute Gasteiger partial charge is 0.481 e. The molecule has 1 fully saturated rings. The Hall–Kier alpha value is -3.45. The lowest BCUT2D eigenvalue weighted by Crippen LogP contribution is -2.49. The van der Waals surface area contributed by atoms with E-state index in [4.69, 9.17) is 5.11 Å². The molecular weight excluding hydrogens is 380 g/mol. The molecule has 154 valence electrons. The van der Waals surface area contributed by atoms with E-state index >= 15 is 0 Å². The Morgan fingerprint density at radius 2 is 1.87 bits per heavy atom. The first-order chi connectivity index (χ1) is 14.4. The van der Waals surface area contributed by atoms with Crippen molar-refractivity contribution in [3.63, 3.8) is 0 Å². The van der Waals surface area contributed by atoms with Gasteiger partial charge < -0.3 is 10.4 Å². The lowest BCUT2D eigenvalue weighted by molar-refractivity contribution is -0.147. The number of benzene rings is 2. The molecule has 1 aliphatic heterocycles. The third-order valence-electron chi connectivity index (χ3n) is 5.43. The van der Waals surface area contributed by atoms with Crippen LogP contribution in [0.25, 0.3) is 11.3 Å². The van der Waals surface area contributed by atoms with Gasteiger partial charge in [-0.15, -0.1) is 0 Å². The van der Waals surface area contributed by atoms with E-state index in [-0.39, 0.29) is 11.8 Å². The van der Waals surface area contributed by atoms with Crippen LogP contribution < -0.4 is 5.32 Å². The van der Waals surface area contributed by atoms with Crippen molar-refractivity contribution in [1.29, 1.82) is 0 Å². The van der Waals surface area contributed by atoms with Crippen molar-refractivity contribution in [2.75, 3.05) is 18.4 Å². The first-order valence-corrected chi connectivity index (χ1v) is 9.86. The van der Waals surface area contributed by atoms with Crippen LogP contribution in [0, 0.1) is 12.8 Å². The number of carbonyl (C=O) groups excluding carboxylic acids is 1. The van der Waals surface area contributed by atoms with Crippen molar-refractivity contribution in [3.05, 3.63) is 71.4 Å². The molecule has 1 amide bonds. The van der Waals surface area contributed by atoms with Gasteiger partial charge in [0.2, 0.25) is 0 Å². The third kappa shape index (κ3) is 4.11. The summed E-state index contributed by atoms with van der Waals surface area (Å²) in [6.45, 7) is 3.81. The highest BCUT2D eigenvalue weighted by molar-refractivity contribution is 6.03. The Morgan fingerprint density at radius 3 is 2.53 bits per heavy atom. The monoisotopic (exact) mass is 404 g/mol. The number of rotatable bonds is 6. The molecule has 0 aliphatic carbocycles. The molecule has 30 heavy (non-hydrogen) atoms. The number of aliphatic carboxylic acids is 1. The van der Waals surface area contributed by atoms with Crippen LogP contribution in [0.3, 0.4) is 0 Å². The average Bonchev–Trinajstić information content (AvgIpc) is 3.08. The lowest BCUT2D eigenvalue weighted by Gasteiger charge is -2.36. The zero-order chi connectivity index (χ0) is 21.3. The van der Waals surface area contributed by atoms with E-state index in [1.807, 2.05) is 62.5 Å². The van der Waals surface area contributed by atoms with Gasteiger partial charge in [-0.2, -0.15) is 5.10 Å². The van der Waals surface area contributed by atoms with Gasteiger partial charge in [-0.25, -0.2) is 0 Å². The fourth-order valence-electron chi connectivity index (χ4n) is 3.72. The summed E-state index contributed by atoms with van der Waals surface area (Å²) in [5.41, 5.74) is 5.03. The Kier molecular flexibility index (Phi) is 5.37. The molecule has 7 nitrogen and oxygen atoms in total. The predicted octanol–water partition coefficient (Wildman–Crippen LogP) is 3.16. The number of hydrogen-bond donors (Lipinski definition) is 2. The molecule has 2 aromatic carbocycles. The van der Waals surface area contributed by atoms with Crippen molar-refractivity contribution in [1.82, 2.24) is 14.7 Å². The Morgan fingerprint density at radius 1 is 1.13 bits per heavy atom. The molecule has 1 aromatic heterocycles. The zero-order valence-corrected chi connectivity index (χ0v) is 17.0. The third-order valence-corrected chi connectivity index (χ3v) is 5.43. The number of nitrogens with zero attached hydrogens (tertiary/aromatic N) is 3. The fourth-order valence-corrected chi connectivity index (χ4v) is 3.72. The minimum atomic E-state index is -0.731. The second-order valence-corrected chi connectivity index (χ2v) is 7.74. The van der Waals surface area contributed by atoms with Gasteiger partial charge >= 0.3 is 5.97 Å². The summed E-state index contributed by atoms with van der Waals surface area (Å²) in [7, 11) is 1.82.